The summed E-state index contributed by atoms with van der Waals surface area (Å²) in [6.07, 6.45) is 12.2. The van der Waals surface area contributed by atoms with Crippen molar-refractivity contribution in [2.24, 2.45) is 40.9 Å². The van der Waals surface area contributed by atoms with Crippen LogP contribution in [0.15, 0.2) is 0 Å². The Hall–Kier alpha value is -0.0400. The highest BCUT2D eigenvalue weighted by Gasteiger charge is 2.53. The van der Waals surface area contributed by atoms with Crippen LogP contribution in [-0.2, 0) is 4.74 Å². The van der Waals surface area contributed by atoms with Gasteiger partial charge in [-0.2, -0.15) is 0 Å². The summed E-state index contributed by atoms with van der Waals surface area (Å²) in [5.74, 6) is 5.42. The molecule has 0 saturated heterocycles. The van der Waals surface area contributed by atoms with Gasteiger partial charge in [-0.1, -0.05) is 59.8 Å². The lowest BCUT2D eigenvalue weighted by Gasteiger charge is -2.52. The van der Waals surface area contributed by atoms with Gasteiger partial charge >= 0.3 is 0 Å². The van der Waals surface area contributed by atoms with E-state index >= 15 is 0 Å². The molecule has 0 spiro atoms. The average molecular weight is 307 g/mol. The zero-order valence-electron chi connectivity index (χ0n) is 15.6. The number of hydrogen-bond donors (Lipinski definition) is 0. The first-order chi connectivity index (χ1) is 10.4. The number of fused-ring (bicyclic) bond motifs is 1. The highest BCUT2D eigenvalue weighted by atomic mass is 16.5. The van der Waals surface area contributed by atoms with Gasteiger partial charge < -0.3 is 4.74 Å². The van der Waals surface area contributed by atoms with E-state index in [4.69, 9.17) is 4.74 Å². The van der Waals surface area contributed by atoms with Gasteiger partial charge in [-0.05, 0) is 60.2 Å². The second-order valence-corrected chi connectivity index (χ2v) is 9.88. The molecule has 0 radical (unpaired) electrons. The fourth-order valence-corrected chi connectivity index (χ4v) is 6.46. The van der Waals surface area contributed by atoms with Crippen LogP contribution in [0.1, 0.15) is 79.1 Å². The van der Waals surface area contributed by atoms with Gasteiger partial charge in [0.05, 0.1) is 6.10 Å². The molecule has 22 heavy (non-hydrogen) atoms. The van der Waals surface area contributed by atoms with Crippen LogP contribution < -0.4 is 0 Å². The van der Waals surface area contributed by atoms with Gasteiger partial charge in [-0.25, -0.2) is 0 Å². The quantitative estimate of drug-likeness (QED) is 0.614. The second-order valence-electron chi connectivity index (χ2n) is 9.88. The summed E-state index contributed by atoms with van der Waals surface area (Å²) in [7, 11) is 2.00. The molecule has 1 heteroatoms. The minimum absolute atomic E-state index is 0.379. The first kappa shape index (κ1) is 16.8. The van der Waals surface area contributed by atoms with E-state index in [1.54, 1.807) is 0 Å². The van der Waals surface area contributed by atoms with Crippen LogP contribution in [-0.4, -0.2) is 13.2 Å². The normalized spacial score (nSPS) is 44.0. The van der Waals surface area contributed by atoms with Crippen molar-refractivity contribution < 1.29 is 4.74 Å². The first-order valence-corrected chi connectivity index (χ1v) is 9.94. The number of ether oxygens (including phenoxy) is 1. The Kier molecular flexibility index (Phi) is 4.93. The van der Waals surface area contributed by atoms with E-state index in [0.29, 0.717) is 11.5 Å². The van der Waals surface area contributed by atoms with Crippen LogP contribution in [0.2, 0.25) is 0 Å². The Morgan fingerprint density at radius 3 is 2.14 bits per heavy atom. The van der Waals surface area contributed by atoms with Crippen LogP contribution in [0, 0.1) is 40.9 Å². The van der Waals surface area contributed by atoms with Crippen molar-refractivity contribution in [3.63, 3.8) is 0 Å². The molecule has 0 N–H and O–H groups in total. The lowest BCUT2D eigenvalue weighted by atomic mass is 9.56. The molecule has 0 heterocycles. The molecule has 0 bridgehead atoms. The second kappa shape index (κ2) is 6.46. The summed E-state index contributed by atoms with van der Waals surface area (Å²) < 4.78 is 6.24. The largest absolute Gasteiger partial charge is 0.381 e. The minimum Gasteiger partial charge on any atom is -0.381 e. The third-order valence-electron chi connectivity index (χ3n) is 7.39. The van der Waals surface area contributed by atoms with Gasteiger partial charge in [0.1, 0.15) is 0 Å². The van der Waals surface area contributed by atoms with Crippen LogP contribution in [0.3, 0.4) is 0 Å². The van der Waals surface area contributed by atoms with Crippen molar-refractivity contribution in [3.8, 4) is 0 Å². The average Bonchev–Trinajstić information content (AvgIpc) is 2.85. The number of rotatable bonds is 2. The van der Waals surface area contributed by atoms with E-state index in [-0.39, 0.29) is 0 Å². The molecular formula is C21H38O. The molecule has 3 saturated carbocycles. The number of methoxy groups -OCH3 is 1. The van der Waals surface area contributed by atoms with Gasteiger partial charge in [-0.3, -0.25) is 0 Å². The smallest absolute Gasteiger partial charge is 0.0638 e. The molecule has 128 valence electrons. The summed E-state index contributed by atoms with van der Waals surface area (Å²) in [5, 5.41) is 0. The van der Waals surface area contributed by atoms with Crippen LogP contribution in [0.4, 0.5) is 0 Å². The molecule has 3 aliphatic carbocycles. The molecule has 1 nitrogen and oxygen atoms in total. The maximum atomic E-state index is 6.24. The number of hydrogen-bond acceptors (Lipinski definition) is 1. The van der Waals surface area contributed by atoms with Gasteiger partial charge in [0.2, 0.25) is 0 Å². The lowest BCUT2D eigenvalue weighted by Crippen LogP contribution is -2.50. The summed E-state index contributed by atoms with van der Waals surface area (Å²) in [5.41, 5.74) is 0.379. The molecule has 0 aromatic rings. The first-order valence-electron chi connectivity index (χ1n) is 9.94. The molecule has 0 aromatic heterocycles. The van der Waals surface area contributed by atoms with Crippen molar-refractivity contribution in [2.75, 3.05) is 7.11 Å². The van der Waals surface area contributed by atoms with Crippen LogP contribution in [0.5, 0.6) is 0 Å². The van der Waals surface area contributed by atoms with Gasteiger partial charge in [0.25, 0.3) is 0 Å². The molecule has 6 atom stereocenters. The van der Waals surface area contributed by atoms with E-state index in [9.17, 15) is 0 Å². The molecule has 5 unspecified atom stereocenters. The zero-order valence-corrected chi connectivity index (χ0v) is 15.6. The Balaban J connectivity index is 1.89. The van der Waals surface area contributed by atoms with E-state index in [0.717, 1.165) is 35.5 Å². The highest BCUT2D eigenvalue weighted by molar-refractivity contribution is 5.02. The SMILES string of the molecule is COC1C(C(C)(C)C)CC2CC(C)CC2[C@H]1C1CCCCC1. The molecule has 3 aliphatic rings. The standard InChI is InChI=1S/C21H38O/c1-14-11-16-13-18(21(2,3)4)20(22-5)19(17(16)12-14)15-9-7-6-8-10-15/h14-20H,6-13H2,1-5H3/t14?,16?,17?,18?,19-,20?/m1/s1. The molecule has 3 fully saturated rings. The molecule has 3 rings (SSSR count). The fourth-order valence-electron chi connectivity index (χ4n) is 6.46. The Morgan fingerprint density at radius 1 is 0.864 bits per heavy atom. The summed E-state index contributed by atoms with van der Waals surface area (Å²) >= 11 is 0. The summed E-state index contributed by atoms with van der Waals surface area (Å²) in [6.45, 7) is 9.82. The molecule has 0 aromatic carbocycles. The topological polar surface area (TPSA) is 9.23 Å². The Morgan fingerprint density at radius 2 is 1.55 bits per heavy atom. The van der Waals surface area contributed by atoms with Crippen molar-refractivity contribution in [1.82, 2.24) is 0 Å². The van der Waals surface area contributed by atoms with Gasteiger partial charge in [0.15, 0.2) is 0 Å². The van der Waals surface area contributed by atoms with E-state index in [1.807, 2.05) is 7.11 Å². The summed E-state index contributed by atoms with van der Waals surface area (Å²) in [4.78, 5) is 0. The van der Waals surface area contributed by atoms with Crippen LogP contribution in [0.25, 0.3) is 0 Å². The Labute approximate surface area is 138 Å². The van der Waals surface area contributed by atoms with E-state index in [1.165, 1.54) is 51.4 Å². The lowest BCUT2D eigenvalue weighted by molar-refractivity contribution is -0.117. The zero-order chi connectivity index (χ0) is 15.9. The monoisotopic (exact) mass is 306 g/mol. The van der Waals surface area contributed by atoms with Gasteiger partial charge in [0, 0.05) is 7.11 Å². The molecule has 0 amide bonds. The maximum Gasteiger partial charge on any atom is 0.0638 e. The third kappa shape index (κ3) is 3.12. The highest BCUT2D eigenvalue weighted by Crippen LogP contribution is 2.57. The predicted octanol–water partition coefficient (Wildman–Crippen LogP) is 5.93. The van der Waals surface area contributed by atoms with E-state index < -0.39 is 0 Å². The van der Waals surface area contributed by atoms with Crippen molar-refractivity contribution >= 4 is 0 Å². The fraction of sp³-hybridized carbons (Fsp3) is 1.00. The van der Waals surface area contributed by atoms with Gasteiger partial charge in [-0.15, -0.1) is 0 Å². The van der Waals surface area contributed by atoms with E-state index in [2.05, 4.69) is 27.7 Å². The molecular weight excluding hydrogens is 268 g/mol. The summed E-state index contributed by atoms with van der Waals surface area (Å²) in [6, 6.07) is 0. The van der Waals surface area contributed by atoms with Crippen molar-refractivity contribution in [2.45, 2.75) is 85.2 Å². The van der Waals surface area contributed by atoms with Crippen molar-refractivity contribution in [1.29, 1.82) is 0 Å². The Bertz CT molecular complexity index is 363. The van der Waals surface area contributed by atoms with Crippen molar-refractivity contribution in [3.05, 3.63) is 0 Å². The molecule has 0 aliphatic heterocycles. The maximum absolute atomic E-state index is 6.24. The predicted molar refractivity (Wildman–Crippen MR) is 93.8 cm³/mol. The minimum atomic E-state index is 0.379. The third-order valence-corrected chi connectivity index (χ3v) is 7.39. The van der Waals surface area contributed by atoms with Crippen LogP contribution >= 0.6 is 0 Å².